The van der Waals surface area contributed by atoms with Crippen molar-refractivity contribution in [3.05, 3.63) is 65.7 Å². The highest BCUT2D eigenvalue weighted by atomic mass is 16.5. The Labute approximate surface area is 196 Å². The van der Waals surface area contributed by atoms with Crippen molar-refractivity contribution in [3.8, 4) is 5.75 Å². The number of hydrogen-bond donors (Lipinski definition) is 5. The Morgan fingerprint density at radius 1 is 1.03 bits per heavy atom. The number of aliphatic hydroxyl groups excluding tert-OH is 1. The van der Waals surface area contributed by atoms with Gasteiger partial charge >= 0.3 is 5.97 Å². The summed E-state index contributed by atoms with van der Waals surface area (Å²) in [7, 11) is 0. The molecule has 0 bridgehead atoms. The first-order valence-corrected chi connectivity index (χ1v) is 10.8. The predicted octanol–water partition coefficient (Wildman–Crippen LogP) is 0.245. The van der Waals surface area contributed by atoms with Gasteiger partial charge in [-0.3, -0.25) is 14.4 Å². The standard InChI is InChI=1S/C24H27N3O7/c1-14(28)21-23(31)25-16(11-15-7-3-2-4-8-15)13-34-19-10-6-5-9-17(19)22(30)26-18(24(32)33)12-20(29)27-21/h2-10,14,16,18,21,28H,11-13H2,1H3,(H,25,31)(H,26,30)(H,27,29)(H,32,33)/t14-,16-,18+,21+/m1/s1. The van der Waals surface area contributed by atoms with Crippen LogP contribution in [0, 0.1) is 0 Å². The molecular weight excluding hydrogens is 442 g/mol. The number of benzene rings is 2. The highest BCUT2D eigenvalue weighted by Crippen LogP contribution is 2.19. The molecule has 0 saturated carbocycles. The molecular formula is C24H27N3O7. The van der Waals surface area contributed by atoms with E-state index in [1.54, 1.807) is 18.2 Å². The van der Waals surface area contributed by atoms with E-state index in [9.17, 15) is 29.4 Å². The lowest BCUT2D eigenvalue weighted by molar-refractivity contribution is -0.141. The van der Waals surface area contributed by atoms with Gasteiger partial charge in [0, 0.05) is 0 Å². The molecule has 0 aliphatic carbocycles. The topological polar surface area (TPSA) is 154 Å². The number of carbonyl (C=O) groups excluding carboxylic acids is 3. The summed E-state index contributed by atoms with van der Waals surface area (Å²) in [5.74, 6) is -3.40. The highest BCUT2D eigenvalue weighted by Gasteiger charge is 2.31. The Kier molecular flexibility index (Phi) is 8.20. The number of rotatable bonds is 4. The van der Waals surface area contributed by atoms with E-state index in [1.807, 2.05) is 30.3 Å². The SMILES string of the molecule is C[C@@H](O)[C@@H]1NC(=O)C[C@@H](C(=O)O)NC(=O)c2ccccc2OC[C@@H](Cc2ccccc2)NC1=O. The van der Waals surface area contributed by atoms with Crippen LogP contribution in [0.1, 0.15) is 29.3 Å². The van der Waals surface area contributed by atoms with Crippen molar-refractivity contribution in [1.29, 1.82) is 0 Å². The third-order valence-corrected chi connectivity index (χ3v) is 5.32. The van der Waals surface area contributed by atoms with Gasteiger partial charge in [0.05, 0.1) is 24.1 Å². The molecule has 0 radical (unpaired) electrons. The van der Waals surface area contributed by atoms with E-state index in [0.29, 0.717) is 6.42 Å². The number of carboxylic acid groups (broad SMARTS) is 1. The fourth-order valence-corrected chi connectivity index (χ4v) is 3.57. The third kappa shape index (κ3) is 6.55. The number of fused-ring (bicyclic) bond motifs is 1. The van der Waals surface area contributed by atoms with Gasteiger partial charge in [0.2, 0.25) is 11.8 Å². The van der Waals surface area contributed by atoms with Gasteiger partial charge in [-0.25, -0.2) is 4.79 Å². The molecule has 1 aliphatic rings. The van der Waals surface area contributed by atoms with Crippen molar-refractivity contribution < 1.29 is 34.1 Å². The number of hydrogen-bond acceptors (Lipinski definition) is 6. The van der Waals surface area contributed by atoms with Crippen LogP contribution in [-0.2, 0) is 20.8 Å². The van der Waals surface area contributed by atoms with E-state index in [1.165, 1.54) is 13.0 Å². The second kappa shape index (κ2) is 11.3. The van der Waals surface area contributed by atoms with Crippen molar-refractivity contribution in [2.45, 2.75) is 44.0 Å². The lowest BCUT2D eigenvalue weighted by atomic mass is 10.0. The average Bonchev–Trinajstić information content (AvgIpc) is 2.80. The van der Waals surface area contributed by atoms with Crippen LogP contribution in [0.2, 0.25) is 0 Å². The number of nitrogens with one attached hydrogen (secondary N) is 3. The zero-order chi connectivity index (χ0) is 24.7. The summed E-state index contributed by atoms with van der Waals surface area (Å²) in [6.07, 6.45) is -1.50. The maximum absolute atomic E-state index is 13.0. The van der Waals surface area contributed by atoms with E-state index in [2.05, 4.69) is 16.0 Å². The minimum atomic E-state index is -1.55. The van der Waals surface area contributed by atoms with Gasteiger partial charge in [0.15, 0.2) is 0 Å². The number of para-hydroxylation sites is 1. The van der Waals surface area contributed by atoms with E-state index >= 15 is 0 Å². The van der Waals surface area contributed by atoms with Gasteiger partial charge in [0.1, 0.15) is 24.4 Å². The summed E-state index contributed by atoms with van der Waals surface area (Å²) < 4.78 is 5.88. The lowest BCUT2D eigenvalue weighted by Crippen LogP contribution is -2.56. The van der Waals surface area contributed by atoms with Crippen LogP contribution < -0.4 is 20.7 Å². The molecule has 1 aliphatic heterocycles. The maximum atomic E-state index is 13.0. The second-order valence-electron chi connectivity index (χ2n) is 8.06. The molecule has 10 nitrogen and oxygen atoms in total. The Bertz CT molecular complexity index is 1040. The summed E-state index contributed by atoms with van der Waals surface area (Å²) >= 11 is 0. The van der Waals surface area contributed by atoms with Gasteiger partial charge < -0.3 is 30.9 Å². The van der Waals surface area contributed by atoms with E-state index in [-0.39, 0.29) is 17.9 Å². The van der Waals surface area contributed by atoms with Gasteiger partial charge in [-0.1, -0.05) is 42.5 Å². The molecule has 4 atom stereocenters. The van der Waals surface area contributed by atoms with Gasteiger partial charge in [0.25, 0.3) is 5.91 Å². The van der Waals surface area contributed by atoms with Gasteiger partial charge in [-0.05, 0) is 31.0 Å². The summed E-state index contributed by atoms with van der Waals surface area (Å²) in [4.78, 5) is 49.9. The number of amides is 3. The van der Waals surface area contributed by atoms with E-state index in [0.717, 1.165) is 5.56 Å². The van der Waals surface area contributed by atoms with E-state index in [4.69, 9.17) is 4.74 Å². The minimum Gasteiger partial charge on any atom is -0.491 e. The molecule has 0 unspecified atom stereocenters. The molecule has 3 rings (SSSR count). The van der Waals surface area contributed by atoms with Crippen LogP contribution in [0.4, 0.5) is 0 Å². The average molecular weight is 469 g/mol. The lowest BCUT2D eigenvalue weighted by Gasteiger charge is -2.27. The fraction of sp³-hybridized carbons (Fsp3) is 0.333. The number of aliphatic hydroxyl groups is 1. The number of carbonyl (C=O) groups is 4. The Hall–Kier alpha value is -3.92. The summed E-state index contributed by atoms with van der Waals surface area (Å²) in [5, 5.41) is 27.1. The largest absolute Gasteiger partial charge is 0.491 e. The van der Waals surface area contributed by atoms with Crippen LogP contribution in [0.3, 0.4) is 0 Å². The quantitative estimate of drug-likeness (QED) is 0.430. The molecule has 5 N–H and O–H groups in total. The van der Waals surface area contributed by atoms with Gasteiger partial charge in [-0.2, -0.15) is 0 Å². The molecule has 180 valence electrons. The fourth-order valence-electron chi connectivity index (χ4n) is 3.57. The smallest absolute Gasteiger partial charge is 0.326 e. The number of aliphatic carboxylic acids is 1. The molecule has 0 aromatic heterocycles. The molecule has 0 fully saturated rings. The molecule has 3 amide bonds. The maximum Gasteiger partial charge on any atom is 0.326 e. The van der Waals surface area contributed by atoms with Crippen LogP contribution in [0.15, 0.2) is 54.6 Å². The van der Waals surface area contributed by atoms with E-state index < -0.39 is 54.3 Å². The third-order valence-electron chi connectivity index (χ3n) is 5.32. The second-order valence-corrected chi connectivity index (χ2v) is 8.06. The summed E-state index contributed by atoms with van der Waals surface area (Å²) in [6.45, 7) is 1.32. The molecule has 0 spiro atoms. The molecule has 0 saturated heterocycles. The first-order valence-electron chi connectivity index (χ1n) is 10.8. The Morgan fingerprint density at radius 3 is 2.38 bits per heavy atom. The highest BCUT2D eigenvalue weighted by molar-refractivity contribution is 6.00. The molecule has 34 heavy (non-hydrogen) atoms. The van der Waals surface area contributed by atoms with Crippen LogP contribution in [0.25, 0.3) is 0 Å². The number of ether oxygens (including phenoxy) is 1. The van der Waals surface area contributed by atoms with Crippen LogP contribution >= 0.6 is 0 Å². The van der Waals surface area contributed by atoms with Crippen molar-refractivity contribution in [2.24, 2.45) is 0 Å². The predicted molar refractivity (Wildman–Crippen MR) is 121 cm³/mol. The zero-order valence-electron chi connectivity index (χ0n) is 18.6. The Morgan fingerprint density at radius 2 is 1.71 bits per heavy atom. The monoisotopic (exact) mass is 469 g/mol. The van der Waals surface area contributed by atoms with Crippen LogP contribution in [0.5, 0.6) is 5.75 Å². The number of carboxylic acids is 1. The first kappa shape index (κ1) is 24.7. The first-order chi connectivity index (χ1) is 16.2. The summed E-state index contributed by atoms with van der Waals surface area (Å²) in [5.41, 5.74) is 1.02. The van der Waals surface area contributed by atoms with Crippen molar-refractivity contribution in [1.82, 2.24) is 16.0 Å². The summed E-state index contributed by atoms with van der Waals surface area (Å²) in [6, 6.07) is 12.2. The van der Waals surface area contributed by atoms with Crippen molar-refractivity contribution >= 4 is 23.7 Å². The molecule has 2 aromatic carbocycles. The zero-order valence-corrected chi connectivity index (χ0v) is 18.6. The van der Waals surface area contributed by atoms with Crippen molar-refractivity contribution in [2.75, 3.05) is 6.61 Å². The Balaban J connectivity index is 1.95. The van der Waals surface area contributed by atoms with Crippen LogP contribution in [-0.4, -0.2) is 64.7 Å². The molecule has 1 heterocycles. The van der Waals surface area contributed by atoms with Gasteiger partial charge in [-0.15, -0.1) is 0 Å². The normalized spacial score (nSPS) is 22.6. The molecule has 2 aromatic rings. The van der Waals surface area contributed by atoms with Crippen molar-refractivity contribution in [3.63, 3.8) is 0 Å². The minimum absolute atomic E-state index is 0.0201. The molecule has 10 heteroatoms.